The predicted octanol–water partition coefficient (Wildman–Crippen LogP) is 2.18. The maximum Gasteiger partial charge on any atom is 0.325 e. The molecule has 24 heavy (non-hydrogen) atoms. The zero-order valence-electron chi connectivity index (χ0n) is 13.8. The summed E-state index contributed by atoms with van der Waals surface area (Å²) in [5, 5.41) is 0. The molecule has 0 unspecified atom stereocenters. The summed E-state index contributed by atoms with van der Waals surface area (Å²) in [5.74, 6) is -2.55. The van der Waals surface area contributed by atoms with E-state index in [4.69, 9.17) is 18.9 Å². The number of carbonyl (C=O) groups excluding carboxylic acids is 2. The van der Waals surface area contributed by atoms with Crippen LogP contribution >= 0.6 is 0 Å². The molecule has 1 aromatic carbocycles. The fourth-order valence-corrected chi connectivity index (χ4v) is 2.15. The molecule has 2 rings (SSSR count). The lowest BCUT2D eigenvalue weighted by Gasteiger charge is -2.11. The number of hydrogen-bond acceptors (Lipinski definition) is 7. The van der Waals surface area contributed by atoms with Crippen LogP contribution in [0.5, 0.6) is 0 Å². The van der Waals surface area contributed by atoms with Gasteiger partial charge >= 0.3 is 11.9 Å². The van der Waals surface area contributed by atoms with Gasteiger partial charge in [-0.25, -0.2) is 0 Å². The number of carbonyl (C=O) groups is 2. The third-order valence-corrected chi connectivity index (χ3v) is 3.22. The van der Waals surface area contributed by atoms with Crippen LogP contribution in [0.15, 0.2) is 29.3 Å². The van der Waals surface area contributed by atoms with Crippen LogP contribution in [0.1, 0.15) is 25.7 Å². The highest BCUT2D eigenvalue weighted by molar-refractivity contribution is 6.09. The van der Waals surface area contributed by atoms with Gasteiger partial charge < -0.3 is 18.9 Å². The Morgan fingerprint density at radius 1 is 1.21 bits per heavy atom. The quantitative estimate of drug-likeness (QED) is 0.431. The summed E-state index contributed by atoms with van der Waals surface area (Å²) in [7, 11) is 0. The van der Waals surface area contributed by atoms with E-state index in [1.54, 1.807) is 32.0 Å². The van der Waals surface area contributed by atoms with Gasteiger partial charge in [-0.05, 0) is 26.0 Å². The number of rotatable bonds is 7. The maximum atomic E-state index is 11.9. The molecule has 1 fully saturated rings. The van der Waals surface area contributed by atoms with Crippen molar-refractivity contribution in [2.75, 3.05) is 26.4 Å². The third-order valence-electron chi connectivity index (χ3n) is 3.22. The van der Waals surface area contributed by atoms with Gasteiger partial charge in [0.1, 0.15) is 0 Å². The van der Waals surface area contributed by atoms with E-state index >= 15 is 0 Å². The van der Waals surface area contributed by atoms with Crippen molar-refractivity contribution in [2.24, 2.45) is 10.9 Å². The predicted molar refractivity (Wildman–Crippen MR) is 86.0 cm³/mol. The van der Waals surface area contributed by atoms with Crippen LogP contribution in [0.2, 0.25) is 0 Å². The van der Waals surface area contributed by atoms with Gasteiger partial charge in [0.05, 0.1) is 32.1 Å². The van der Waals surface area contributed by atoms with Crippen molar-refractivity contribution in [2.45, 2.75) is 20.1 Å². The monoisotopic (exact) mass is 335 g/mol. The molecule has 0 N–H and O–H groups in total. The van der Waals surface area contributed by atoms with Crippen LogP contribution in [-0.4, -0.2) is 44.6 Å². The Bertz CT molecular complexity index is 576. The summed E-state index contributed by atoms with van der Waals surface area (Å²) in [6.07, 6.45) is 0.830. The molecular weight excluding hydrogens is 314 g/mol. The Hall–Kier alpha value is -2.25. The van der Waals surface area contributed by atoms with Crippen LogP contribution in [-0.2, 0) is 28.5 Å². The standard InChI is InChI=1S/C17H21NO6/c1-3-21-15(19)14(16(20)22-4-2)11-18-13-7-5-6-12(10-13)17-23-8-9-24-17/h5-7,10-11,14,17H,3-4,8-9H2,1-2H3. The van der Waals surface area contributed by atoms with E-state index < -0.39 is 24.1 Å². The Labute approximate surface area is 140 Å². The minimum absolute atomic E-state index is 0.175. The highest BCUT2D eigenvalue weighted by Crippen LogP contribution is 2.26. The Morgan fingerprint density at radius 2 is 1.83 bits per heavy atom. The number of ether oxygens (including phenoxy) is 4. The summed E-state index contributed by atoms with van der Waals surface area (Å²) in [4.78, 5) is 28.0. The van der Waals surface area contributed by atoms with Gasteiger partial charge in [-0.3, -0.25) is 14.6 Å². The average molecular weight is 335 g/mol. The normalized spacial score (nSPS) is 15.1. The third kappa shape index (κ3) is 4.87. The summed E-state index contributed by atoms with van der Waals surface area (Å²) in [6, 6.07) is 7.20. The van der Waals surface area contributed by atoms with E-state index in [1.807, 2.05) is 6.07 Å². The van der Waals surface area contributed by atoms with Gasteiger partial charge in [0, 0.05) is 11.8 Å². The molecular formula is C17H21NO6. The van der Waals surface area contributed by atoms with Gasteiger partial charge in [0.2, 0.25) is 0 Å². The lowest BCUT2D eigenvalue weighted by molar-refractivity contribution is -0.157. The van der Waals surface area contributed by atoms with Crippen molar-refractivity contribution < 1.29 is 28.5 Å². The molecule has 7 heteroatoms. The molecule has 1 aliphatic rings. The van der Waals surface area contributed by atoms with E-state index in [0.29, 0.717) is 18.9 Å². The molecule has 7 nitrogen and oxygen atoms in total. The summed E-state index contributed by atoms with van der Waals surface area (Å²) in [6.45, 7) is 4.78. The molecule has 1 aliphatic heterocycles. The van der Waals surface area contributed by atoms with Crippen molar-refractivity contribution in [1.29, 1.82) is 0 Å². The Balaban J connectivity index is 2.13. The second-order valence-corrected chi connectivity index (χ2v) is 4.93. The van der Waals surface area contributed by atoms with Crippen molar-refractivity contribution in [3.8, 4) is 0 Å². The van der Waals surface area contributed by atoms with Gasteiger partial charge in [0.15, 0.2) is 12.2 Å². The topological polar surface area (TPSA) is 83.4 Å². The largest absolute Gasteiger partial charge is 0.465 e. The lowest BCUT2D eigenvalue weighted by Crippen LogP contribution is -2.29. The van der Waals surface area contributed by atoms with E-state index in [2.05, 4.69) is 4.99 Å². The van der Waals surface area contributed by atoms with E-state index in [0.717, 1.165) is 5.56 Å². The Kier molecular flexibility index (Phi) is 6.89. The highest BCUT2D eigenvalue weighted by atomic mass is 16.7. The fourth-order valence-electron chi connectivity index (χ4n) is 2.15. The zero-order valence-corrected chi connectivity index (χ0v) is 13.8. The first kappa shape index (κ1) is 18.1. The Morgan fingerprint density at radius 3 is 2.42 bits per heavy atom. The zero-order chi connectivity index (χ0) is 17.4. The number of hydrogen-bond donors (Lipinski definition) is 0. The molecule has 1 aromatic rings. The number of benzene rings is 1. The molecule has 0 amide bonds. The first-order valence-corrected chi connectivity index (χ1v) is 7.86. The minimum atomic E-state index is -1.19. The molecule has 0 saturated carbocycles. The van der Waals surface area contributed by atoms with Gasteiger partial charge in [-0.1, -0.05) is 12.1 Å². The maximum absolute atomic E-state index is 11.9. The first-order chi connectivity index (χ1) is 11.7. The second kappa shape index (κ2) is 9.14. The SMILES string of the molecule is CCOC(=O)C(C=Nc1cccc(C2OCCO2)c1)C(=O)OCC. The van der Waals surface area contributed by atoms with Gasteiger partial charge in [0.25, 0.3) is 0 Å². The molecule has 0 bridgehead atoms. The average Bonchev–Trinajstić information content (AvgIpc) is 3.10. The van der Waals surface area contributed by atoms with E-state index in [1.165, 1.54) is 6.21 Å². The highest BCUT2D eigenvalue weighted by Gasteiger charge is 2.27. The summed E-state index contributed by atoms with van der Waals surface area (Å²) >= 11 is 0. The van der Waals surface area contributed by atoms with Crippen molar-refractivity contribution in [3.63, 3.8) is 0 Å². The van der Waals surface area contributed by atoms with E-state index in [9.17, 15) is 9.59 Å². The lowest BCUT2D eigenvalue weighted by atomic mass is 10.1. The van der Waals surface area contributed by atoms with Crippen LogP contribution in [0.3, 0.4) is 0 Å². The molecule has 0 atom stereocenters. The molecule has 0 spiro atoms. The summed E-state index contributed by atoms with van der Waals surface area (Å²) < 4.78 is 20.7. The number of aliphatic imine (C=N–C) groups is 1. The fraction of sp³-hybridized carbons (Fsp3) is 0.471. The van der Waals surface area contributed by atoms with E-state index in [-0.39, 0.29) is 13.2 Å². The summed E-state index contributed by atoms with van der Waals surface area (Å²) in [5.41, 5.74) is 1.40. The van der Waals surface area contributed by atoms with Crippen LogP contribution in [0.25, 0.3) is 0 Å². The first-order valence-electron chi connectivity index (χ1n) is 7.86. The molecule has 130 valence electrons. The molecule has 0 radical (unpaired) electrons. The van der Waals surface area contributed by atoms with Gasteiger partial charge in [-0.15, -0.1) is 0 Å². The smallest absolute Gasteiger partial charge is 0.325 e. The molecule has 1 saturated heterocycles. The van der Waals surface area contributed by atoms with Crippen molar-refractivity contribution in [1.82, 2.24) is 0 Å². The van der Waals surface area contributed by atoms with Crippen molar-refractivity contribution >= 4 is 23.8 Å². The molecule has 1 heterocycles. The van der Waals surface area contributed by atoms with Gasteiger partial charge in [-0.2, -0.15) is 0 Å². The number of nitrogens with zero attached hydrogens (tertiary/aromatic N) is 1. The number of esters is 2. The van der Waals surface area contributed by atoms with Crippen LogP contribution < -0.4 is 0 Å². The molecule has 0 aromatic heterocycles. The second-order valence-electron chi connectivity index (χ2n) is 4.93. The minimum Gasteiger partial charge on any atom is -0.465 e. The van der Waals surface area contributed by atoms with Crippen LogP contribution in [0.4, 0.5) is 5.69 Å². The van der Waals surface area contributed by atoms with Crippen LogP contribution in [0, 0.1) is 5.92 Å². The molecule has 0 aliphatic carbocycles. The van der Waals surface area contributed by atoms with Crippen molar-refractivity contribution in [3.05, 3.63) is 29.8 Å².